The number of rotatable bonds is 3. The normalized spacial score (nSPS) is 11.6. The van der Waals surface area contributed by atoms with E-state index in [0.717, 1.165) is 12.1 Å². The quantitative estimate of drug-likeness (QED) is 0.538. The van der Waals surface area contributed by atoms with Crippen LogP contribution in [0.5, 0.6) is 0 Å². The maximum absolute atomic E-state index is 13.4. The number of anilines is 1. The summed E-state index contributed by atoms with van der Waals surface area (Å²) in [5, 5.41) is 6.72. The van der Waals surface area contributed by atoms with E-state index in [1.165, 1.54) is 47.1 Å². The van der Waals surface area contributed by atoms with Crippen LogP contribution in [0, 0.1) is 0 Å². The number of hydrogen-bond acceptors (Lipinski definition) is 4. The lowest BCUT2D eigenvalue weighted by Crippen LogP contribution is -2.14. The van der Waals surface area contributed by atoms with Crippen LogP contribution >= 0.6 is 0 Å². The standard InChI is InChI=1S/C21H14F3N3O3/c1-27-10-9-16(26-27)20(29)25-15-8-4-6-13-17(28)11-18(30-19(13)15)12-5-2-3-7-14(12)21(22,23)24/h2-11H,1H3,(H,25,29). The van der Waals surface area contributed by atoms with Gasteiger partial charge < -0.3 is 9.73 Å². The summed E-state index contributed by atoms with van der Waals surface area (Å²) in [6.45, 7) is 0. The average molecular weight is 413 g/mol. The van der Waals surface area contributed by atoms with E-state index in [1.807, 2.05) is 0 Å². The first-order chi connectivity index (χ1) is 14.2. The van der Waals surface area contributed by atoms with Crippen LogP contribution in [0.4, 0.5) is 18.9 Å². The molecule has 0 radical (unpaired) electrons. The molecule has 0 spiro atoms. The fourth-order valence-electron chi connectivity index (χ4n) is 3.08. The highest BCUT2D eigenvalue weighted by molar-refractivity contribution is 6.06. The zero-order valence-corrected chi connectivity index (χ0v) is 15.5. The number of carbonyl (C=O) groups excluding carboxylic acids is 1. The minimum absolute atomic E-state index is 0.0266. The number of nitrogens with one attached hydrogen (secondary N) is 1. The summed E-state index contributed by atoms with van der Waals surface area (Å²) in [7, 11) is 1.65. The van der Waals surface area contributed by atoms with Crippen molar-refractivity contribution in [3.63, 3.8) is 0 Å². The molecule has 0 unspecified atom stereocenters. The third-order valence-corrected chi connectivity index (χ3v) is 4.45. The van der Waals surface area contributed by atoms with Crippen LogP contribution in [0.15, 0.2) is 70.0 Å². The molecule has 0 saturated carbocycles. The lowest BCUT2D eigenvalue weighted by atomic mass is 10.0. The zero-order valence-electron chi connectivity index (χ0n) is 15.5. The van der Waals surface area contributed by atoms with Gasteiger partial charge in [-0.2, -0.15) is 18.3 Å². The predicted molar refractivity (Wildman–Crippen MR) is 104 cm³/mol. The Hall–Kier alpha value is -3.88. The summed E-state index contributed by atoms with van der Waals surface area (Å²) in [5.74, 6) is -0.799. The Morgan fingerprint density at radius 3 is 2.57 bits per heavy atom. The molecule has 0 fully saturated rings. The van der Waals surface area contributed by atoms with Gasteiger partial charge in [0.15, 0.2) is 16.7 Å². The van der Waals surface area contributed by atoms with E-state index in [1.54, 1.807) is 13.2 Å². The Morgan fingerprint density at radius 2 is 1.87 bits per heavy atom. The fourth-order valence-corrected chi connectivity index (χ4v) is 3.08. The molecule has 0 atom stereocenters. The van der Waals surface area contributed by atoms with Gasteiger partial charge in [-0.05, 0) is 24.3 Å². The van der Waals surface area contributed by atoms with E-state index in [-0.39, 0.29) is 33.7 Å². The summed E-state index contributed by atoms with van der Waals surface area (Å²) >= 11 is 0. The van der Waals surface area contributed by atoms with Crippen LogP contribution in [-0.4, -0.2) is 15.7 Å². The van der Waals surface area contributed by atoms with Gasteiger partial charge in [-0.3, -0.25) is 14.3 Å². The average Bonchev–Trinajstić information content (AvgIpc) is 3.14. The summed E-state index contributed by atoms with van der Waals surface area (Å²) in [5.41, 5.74) is -1.47. The Bertz CT molecular complexity index is 1320. The van der Waals surface area contributed by atoms with E-state index < -0.39 is 23.1 Å². The van der Waals surface area contributed by atoms with Crippen molar-refractivity contribution in [3.05, 3.63) is 82.3 Å². The van der Waals surface area contributed by atoms with E-state index in [0.29, 0.717) is 0 Å². The number of carbonyl (C=O) groups is 1. The monoisotopic (exact) mass is 413 g/mol. The molecule has 0 aliphatic rings. The lowest BCUT2D eigenvalue weighted by Gasteiger charge is -2.13. The minimum Gasteiger partial charge on any atom is -0.454 e. The molecule has 9 heteroatoms. The van der Waals surface area contributed by atoms with Gasteiger partial charge in [0.05, 0.1) is 16.6 Å². The lowest BCUT2D eigenvalue weighted by molar-refractivity contribution is -0.137. The van der Waals surface area contributed by atoms with E-state index in [2.05, 4.69) is 10.4 Å². The molecule has 1 N–H and O–H groups in total. The van der Waals surface area contributed by atoms with Gasteiger partial charge in [-0.15, -0.1) is 0 Å². The molecule has 2 aromatic heterocycles. The van der Waals surface area contributed by atoms with Crippen LogP contribution in [-0.2, 0) is 13.2 Å². The first kappa shape index (κ1) is 19.4. The van der Waals surface area contributed by atoms with Gasteiger partial charge >= 0.3 is 6.18 Å². The molecule has 6 nitrogen and oxygen atoms in total. The predicted octanol–water partition coefficient (Wildman–Crippen LogP) is 4.46. The highest BCUT2D eigenvalue weighted by Gasteiger charge is 2.34. The number of aryl methyl sites for hydroxylation is 1. The topological polar surface area (TPSA) is 77.1 Å². The first-order valence-corrected chi connectivity index (χ1v) is 8.78. The summed E-state index contributed by atoms with van der Waals surface area (Å²) in [4.78, 5) is 25.0. The van der Waals surface area contributed by atoms with Crippen molar-refractivity contribution in [1.29, 1.82) is 0 Å². The first-order valence-electron chi connectivity index (χ1n) is 8.78. The SMILES string of the molecule is Cn1ccc(C(=O)Nc2cccc3c(=O)cc(-c4ccccc4C(F)(F)F)oc23)n1. The van der Waals surface area contributed by atoms with E-state index in [9.17, 15) is 22.8 Å². The van der Waals surface area contributed by atoms with Crippen molar-refractivity contribution in [2.75, 3.05) is 5.32 Å². The Morgan fingerprint density at radius 1 is 1.10 bits per heavy atom. The van der Waals surface area contributed by atoms with Crippen molar-refractivity contribution in [1.82, 2.24) is 9.78 Å². The molecule has 4 rings (SSSR count). The molecular weight excluding hydrogens is 399 g/mol. The summed E-state index contributed by atoms with van der Waals surface area (Å²) < 4.78 is 47.4. The maximum Gasteiger partial charge on any atom is 0.417 e. The number of aromatic nitrogens is 2. The highest BCUT2D eigenvalue weighted by Crippen LogP contribution is 2.37. The second-order valence-corrected chi connectivity index (χ2v) is 6.53. The summed E-state index contributed by atoms with van der Waals surface area (Å²) in [6, 6.07) is 11.8. The maximum atomic E-state index is 13.4. The number of alkyl halides is 3. The van der Waals surface area contributed by atoms with Gasteiger partial charge in [0.2, 0.25) is 0 Å². The second kappa shape index (κ2) is 7.18. The molecular formula is C21H14F3N3O3. The van der Waals surface area contributed by atoms with Gasteiger partial charge in [-0.1, -0.05) is 24.3 Å². The van der Waals surface area contributed by atoms with Crippen molar-refractivity contribution in [2.45, 2.75) is 6.18 Å². The molecule has 1 amide bonds. The molecule has 0 aliphatic carbocycles. The van der Waals surface area contributed by atoms with Gasteiger partial charge in [-0.25, -0.2) is 0 Å². The van der Waals surface area contributed by atoms with Gasteiger partial charge in [0, 0.05) is 24.9 Å². The molecule has 0 saturated heterocycles. The van der Waals surface area contributed by atoms with Crippen molar-refractivity contribution < 1.29 is 22.4 Å². The molecule has 2 aromatic carbocycles. The Labute approximate surface area is 167 Å². The number of halogens is 3. The third-order valence-electron chi connectivity index (χ3n) is 4.45. The molecule has 0 bridgehead atoms. The van der Waals surface area contributed by atoms with Crippen molar-refractivity contribution >= 4 is 22.6 Å². The highest BCUT2D eigenvalue weighted by atomic mass is 19.4. The smallest absolute Gasteiger partial charge is 0.417 e. The number of amides is 1. The number of para-hydroxylation sites is 1. The minimum atomic E-state index is -4.63. The van der Waals surface area contributed by atoms with E-state index >= 15 is 0 Å². The molecule has 30 heavy (non-hydrogen) atoms. The number of benzene rings is 2. The molecule has 0 aliphatic heterocycles. The Kier molecular flexibility index (Phi) is 4.65. The van der Waals surface area contributed by atoms with Crippen LogP contribution < -0.4 is 10.7 Å². The Balaban J connectivity index is 1.85. The fraction of sp³-hybridized carbons (Fsp3) is 0.0952. The molecule has 4 aromatic rings. The summed E-state index contributed by atoms with van der Waals surface area (Å²) in [6.07, 6.45) is -3.04. The van der Waals surface area contributed by atoms with E-state index in [4.69, 9.17) is 4.42 Å². The number of nitrogens with zero attached hydrogens (tertiary/aromatic N) is 2. The molecule has 152 valence electrons. The van der Waals surface area contributed by atoms with Crippen molar-refractivity contribution in [2.24, 2.45) is 7.05 Å². The van der Waals surface area contributed by atoms with Gasteiger partial charge in [0.25, 0.3) is 5.91 Å². The van der Waals surface area contributed by atoms with Crippen LogP contribution in [0.2, 0.25) is 0 Å². The second-order valence-electron chi connectivity index (χ2n) is 6.53. The van der Waals surface area contributed by atoms with Gasteiger partial charge in [0.1, 0.15) is 5.76 Å². The number of fused-ring (bicyclic) bond motifs is 1. The largest absolute Gasteiger partial charge is 0.454 e. The van der Waals surface area contributed by atoms with Crippen LogP contribution in [0.3, 0.4) is 0 Å². The molecule has 2 heterocycles. The zero-order chi connectivity index (χ0) is 21.5. The third kappa shape index (κ3) is 3.57. The van der Waals surface area contributed by atoms with Crippen LogP contribution in [0.25, 0.3) is 22.3 Å². The van der Waals surface area contributed by atoms with Crippen molar-refractivity contribution in [3.8, 4) is 11.3 Å². The number of hydrogen-bond donors (Lipinski definition) is 1. The van der Waals surface area contributed by atoms with Crippen LogP contribution in [0.1, 0.15) is 16.1 Å².